The zero-order chi connectivity index (χ0) is 36.7. The number of amides is 2. The van der Waals surface area contributed by atoms with Gasteiger partial charge in [0.25, 0.3) is 0 Å². The maximum atomic E-state index is 14.3. The zero-order valence-electron chi connectivity index (χ0n) is 30.5. The molecule has 2 N–H and O–H groups in total. The molecule has 8 nitrogen and oxygen atoms in total. The third-order valence-corrected chi connectivity index (χ3v) is 10.3. The molecule has 272 valence electrons. The Morgan fingerprint density at radius 1 is 0.846 bits per heavy atom. The largest absolute Gasteiger partial charge is 0.493 e. The Morgan fingerprint density at radius 2 is 1.52 bits per heavy atom. The van der Waals surface area contributed by atoms with E-state index in [1.165, 1.54) is 11.1 Å². The first kappa shape index (κ1) is 36.7. The second kappa shape index (κ2) is 16.5. The number of ether oxygens (including phenoxy) is 2. The lowest BCUT2D eigenvalue weighted by Gasteiger charge is -2.37. The summed E-state index contributed by atoms with van der Waals surface area (Å²) in [5.41, 5.74) is 4.73. The standard InChI is InChI=1S/C44H50N2O6/c1-44(2,3)34-16-21-36(22-17-34)52-37-20-15-33-23-25-46(40(47)28-31-11-7-8-12-31)41(38(33)29-37)42(48)45-39(43(49)50)27-32-13-18-35(19-14-32)51-26-24-30-9-5-4-6-10-30/h4-6,9-10,13-22,29,31,39,41H,7-8,11-12,23-28H2,1-3H3,(H,45,48)(H,49,50)/t39-,41?/m0/s1. The number of rotatable bonds is 13. The molecule has 2 amide bonds. The van der Waals surface area contributed by atoms with E-state index >= 15 is 0 Å². The second-order valence-electron chi connectivity index (χ2n) is 15.2. The molecule has 0 spiro atoms. The third kappa shape index (κ3) is 9.40. The molecule has 1 aliphatic heterocycles. The molecule has 1 fully saturated rings. The molecule has 0 bridgehead atoms. The number of hydrogen-bond acceptors (Lipinski definition) is 5. The van der Waals surface area contributed by atoms with Crippen molar-refractivity contribution in [2.45, 2.75) is 89.6 Å². The van der Waals surface area contributed by atoms with Gasteiger partial charge in [0.15, 0.2) is 0 Å². The topological polar surface area (TPSA) is 105 Å². The van der Waals surface area contributed by atoms with Crippen LogP contribution in [0.4, 0.5) is 0 Å². The summed E-state index contributed by atoms with van der Waals surface area (Å²) >= 11 is 0. The first-order chi connectivity index (χ1) is 25.0. The van der Waals surface area contributed by atoms with Crippen LogP contribution in [0.15, 0.2) is 97.1 Å². The highest BCUT2D eigenvalue weighted by molar-refractivity contribution is 5.92. The van der Waals surface area contributed by atoms with Gasteiger partial charge in [-0.1, -0.05) is 94.3 Å². The smallest absolute Gasteiger partial charge is 0.326 e. The summed E-state index contributed by atoms with van der Waals surface area (Å²) in [6.45, 7) is 7.38. The van der Waals surface area contributed by atoms with Crippen molar-refractivity contribution in [3.8, 4) is 17.2 Å². The number of nitrogens with one attached hydrogen (secondary N) is 1. The van der Waals surface area contributed by atoms with Gasteiger partial charge in [0, 0.05) is 25.8 Å². The molecular weight excluding hydrogens is 652 g/mol. The molecule has 1 unspecified atom stereocenters. The fraction of sp³-hybridized carbons (Fsp3) is 0.386. The summed E-state index contributed by atoms with van der Waals surface area (Å²) in [6.07, 6.45) is 6.09. The molecule has 1 saturated carbocycles. The molecule has 0 radical (unpaired) electrons. The normalized spacial score (nSPS) is 16.5. The van der Waals surface area contributed by atoms with Crippen LogP contribution in [0.25, 0.3) is 0 Å². The van der Waals surface area contributed by atoms with Gasteiger partial charge in [-0.3, -0.25) is 9.59 Å². The number of carboxylic acids is 1. The van der Waals surface area contributed by atoms with Crippen LogP contribution in [0.2, 0.25) is 0 Å². The van der Waals surface area contributed by atoms with Crippen molar-refractivity contribution in [3.63, 3.8) is 0 Å². The van der Waals surface area contributed by atoms with Gasteiger partial charge >= 0.3 is 5.97 Å². The van der Waals surface area contributed by atoms with Crippen LogP contribution in [-0.2, 0) is 39.1 Å². The molecule has 6 rings (SSSR count). The summed E-state index contributed by atoms with van der Waals surface area (Å²) in [6, 6.07) is 28.8. The van der Waals surface area contributed by atoms with Crippen molar-refractivity contribution in [3.05, 3.63) is 125 Å². The lowest BCUT2D eigenvalue weighted by molar-refractivity contribution is -0.145. The summed E-state index contributed by atoms with van der Waals surface area (Å²) in [4.78, 5) is 42.3. The third-order valence-electron chi connectivity index (χ3n) is 10.3. The van der Waals surface area contributed by atoms with Crippen molar-refractivity contribution in [2.24, 2.45) is 5.92 Å². The van der Waals surface area contributed by atoms with Crippen molar-refractivity contribution >= 4 is 17.8 Å². The van der Waals surface area contributed by atoms with Crippen LogP contribution in [0.1, 0.15) is 86.7 Å². The second-order valence-corrected chi connectivity index (χ2v) is 15.2. The molecule has 4 aromatic carbocycles. The molecular formula is C44H50N2O6. The average molecular weight is 703 g/mol. The van der Waals surface area contributed by atoms with E-state index < -0.39 is 24.0 Å². The van der Waals surface area contributed by atoms with Gasteiger partial charge in [0.1, 0.15) is 29.3 Å². The van der Waals surface area contributed by atoms with Crippen molar-refractivity contribution in [1.82, 2.24) is 10.2 Å². The minimum atomic E-state index is -1.20. The fourth-order valence-corrected chi connectivity index (χ4v) is 7.29. The highest BCUT2D eigenvalue weighted by atomic mass is 16.5. The Hall–Kier alpha value is -5.11. The Morgan fingerprint density at radius 3 is 2.19 bits per heavy atom. The van der Waals surface area contributed by atoms with Crippen LogP contribution in [-0.4, -0.2) is 47.0 Å². The predicted octanol–water partition coefficient (Wildman–Crippen LogP) is 8.22. The SMILES string of the molecule is CC(C)(C)c1ccc(Oc2ccc3c(c2)C(C(=O)N[C@@H](Cc2ccc(OCCc4ccccc4)cc2)C(=O)O)N(C(=O)CC2CCCC2)CC3)cc1. The fourth-order valence-electron chi connectivity index (χ4n) is 7.29. The number of hydrogen-bond donors (Lipinski definition) is 2. The first-order valence-electron chi connectivity index (χ1n) is 18.5. The quantitative estimate of drug-likeness (QED) is 0.146. The summed E-state index contributed by atoms with van der Waals surface area (Å²) in [5.74, 6) is 0.474. The maximum Gasteiger partial charge on any atom is 0.326 e. The van der Waals surface area contributed by atoms with E-state index in [0.29, 0.717) is 54.7 Å². The Kier molecular flexibility index (Phi) is 11.6. The van der Waals surface area contributed by atoms with E-state index in [1.807, 2.05) is 84.9 Å². The minimum Gasteiger partial charge on any atom is -0.493 e. The molecule has 52 heavy (non-hydrogen) atoms. The molecule has 8 heteroatoms. The molecule has 2 aliphatic rings. The van der Waals surface area contributed by atoms with Crippen LogP contribution in [0, 0.1) is 5.92 Å². The summed E-state index contributed by atoms with van der Waals surface area (Å²) < 4.78 is 12.2. The number of fused-ring (bicyclic) bond motifs is 1. The summed E-state index contributed by atoms with van der Waals surface area (Å²) in [5, 5.41) is 13.1. The average Bonchev–Trinajstić information content (AvgIpc) is 3.65. The molecule has 4 aromatic rings. The minimum absolute atomic E-state index is 0.00768. The Balaban J connectivity index is 1.19. The molecule has 1 aliphatic carbocycles. The predicted molar refractivity (Wildman–Crippen MR) is 202 cm³/mol. The number of nitrogens with zero attached hydrogens (tertiary/aromatic N) is 1. The molecule has 0 saturated heterocycles. The molecule has 1 heterocycles. The van der Waals surface area contributed by atoms with Crippen molar-refractivity contribution in [1.29, 1.82) is 0 Å². The first-order valence-corrected chi connectivity index (χ1v) is 18.5. The van der Waals surface area contributed by atoms with Gasteiger partial charge in [-0.05, 0) is 94.8 Å². The van der Waals surface area contributed by atoms with Crippen LogP contribution in [0.5, 0.6) is 17.2 Å². The van der Waals surface area contributed by atoms with Crippen LogP contribution in [0.3, 0.4) is 0 Å². The van der Waals surface area contributed by atoms with Gasteiger partial charge in [-0.25, -0.2) is 4.79 Å². The van der Waals surface area contributed by atoms with Gasteiger partial charge in [-0.15, -0.1) is 0 Å². The Labute approximate surface area is 307 Å². The van der Waals surface area contributed by atoms with Crippen LogP contribution >= 0.6 is 0 Å². The highest BCUT2D eigenvalue weighted by Gasteiger charge is 2.38. The van der Waals surface area contributed by atoms with Crippen LogP contribution < -0.4 is 14.8 Å². The van der Waals surface area contributed by atoms with Gasteiger partial charge in [0.2, 0.25) is 11.8 Å². The number of carbonyl (C=O) groups excluding carboxylic acids is 2. The maximum absolute atomic E-state index is 14.3. The van der Waals surface area contributed by atoms with Gasteiger partial charge in [0.05, 0.1) is 6.61 Å². The summed E-state index contributed by atoms with van der Waals surface area (Å²) in [7, 11) is 0. The number of carboxylic acid groups (broad SMARTS) is 1. The van der Waals surface area contributed by atoms with E-state index in [0.717, 1.165) is 43.2 Å². The monoisotopic (exact) mass is 702 g/mol. The number of benzene rings is 4. The molecule has 2 atom stereocenters. The highest BCUT2D eigenvalue weighted by Crippen LogP contribution is 2.37. The number of carbonyl (C=O) groups is 3. The van der Waals surface area contributed by atoms with E-state index in [-0.39, 0.29) is 17.7 Å². The van der Waals surface area contributed by atoms with E-state index in [4.69, 9.17) is 9.47 Å². The van der Waals surface area contributed by atoms with Gasteiger partial charge in [-0.2, -0.15) is 0 Å². The van der Waals surface area contributed by atoms with Crippen molar-refractivity contribution < 1.29 is 29.0 Å². The van der Waals surface area contributed by atoms with Gasteiger partial charge < -0.3 is 24.8 Å². The lowest BCUT2D eigenvalue weighted by atomic mass is 9.87. The Bertz CT molecular complexity index is 1830. The zero-order valence-corrected chi connectivity index (χ0v) is 30.5. The lowest BCUT2D eigenvalue weighted by Crippen LogP contribution is -2.51. The molecule has 0 aromatic heterocycles. The van der Waals surface area contributed by atoms with E-state index in [9.17, 15) is 19.5 Å². The van der Waals surface area contributed by atoms with Crippen molar-refractivity contribution in [2.75, 3.05) is 13.2 Å². The van der Waals surface area contributed by atoms with E-state index in [2.05, 4.69) is 38.2 Å². The van der Waals surface area contributed by atoms with E-state index in [1.54, 1.807) is 4.90 Å². The number of aliphatic carboxylic acids is 1.